The Morgan fingerprint density at radius 1 is 1.29 bits per heavy atom. The number of rotatable bonds is 9. The summed E-state index contributed by atoms with van der Waals surface area (Å²) in [5, 5.41) is 2.63. The van der Waals surface area contributed by atoms with Gasteiger partial charge in [-0.2, -0.15) is 13.2 Å². The summed E-state index contributed by atoms with van der Waals surface area (Å²) in [5.41, 5.74) is 0. The zero-order chi connectivity index (χ0) is 13.1. The van der Waals surface area contributed by atoms with Crippen LogP contribution in [0.2, 0.25) is 0 Å². The molecule has 0 unspecified atom stereocenters. The van der Waals surface area contributed by atoms with E-state index in [9.17, 15) is 18.0 Å². The molecule has 102 valence electrons. The van der Waals surface area contributed by atoms with Crippen LogP contribution in [0.5, 0.6) is 0 Å². The second-order valence-corrected chi connectivity index (χ2v) is 3.42. The van der Waals surface area contributed by atoms with E-state index in [-0.39, 0.29) is 19.7 Å². The largest absolute Gasteiger partial charge is 0.465 e. The molecule has 1 N–H and O–H groups in total. The highest BCUT2D eigenvalue weighted by atomic mass is 19.4. The lowest BCUT2D eigenvalue weighted by Gasteiger charge is -2.08. The highest BCUT2D eigenvalue weighted by Crippen LogP contribution is 2.13. The molecular formula is C10H18F3NO3. The standard InChI is InChI=1S/C10H18F3NO3/c1-2-3-5-17-9(15)7-14-4-6-16-8-10(11,12)13/h14H,2-8H2,1H3. The van der Waals surface area contributed by atoms with Gasteiger partial charge in [0.05, 0.1) is 19.8 Å². The van der Waals surface area contributed by atoms with Crippen LogP contribution < -0.4 is 5.32 Å². The molecule has 0 saturated heterocycles. The predicted octanol–water partition coefficient (Wildman–Crippen LogP) is 1.50. The average molecular weight is 257 g/mol. The van der Waals surface area contributed by atoms with E-state index in [1.807, 2.05) is 6.92 Å². The van der Waals surface area contributed by atoms with Gasteiger partial charge in [0.1, 0.15) is 6.61 Å². The maximum Gasteiger partial charge on any atom is 0.411 e. The van der Waals surface area contributed by atoms with Crippen molar-refractivity contribution in [1.82, 2.24) is 5.32 Å². The molecule has 0 atom stereocenters. The van der Waals surface area contributed by atoms with E-state index in [0.29, 0.717) is 6.61 Å². The second kappa shape index (κ2) is 9.23. The van der Waals surface area contributed by atoms with E-state index >= 15 is 0 Å². The first-order chi connectivity index (χ1) is 7.95. The van der Waals surface area contributed by atoms with Crippen LogP contribution in [-0.4, -0.2) is 45.1 Å². The van der Waals surface area contributed by atoms with E-state index in [4.69, 9.17) is 4.74 Å². The predicted molar refractivity (Wildman–Crippen MR) is 55.6 cm³/mol. The number of hydrogen-bond acceptors (Lipinski definition) is 4. The van der Waals surface area contributed by atoms with Crippen molar-refractivity contribution in [2.45, 2.75) is 25.9 Å². The van der Waals surface area contributed by atoms with E-state index in [2.05, 4.69) is 10.1 Å². The van der Waals surface area contributed by atoms with E-state index < -0.39 is 18.8 Å². The third-order valence-corrected chi connectivity index (χ3v) is 1.72. The summed E-state index contributed by atoms with van der Waals surface area (Å²) in [5.74, 6) is -0.408. The molecule has 0 bridgehead atoms. The molecule has 0 radical (unpaired) electrons. The van der Waals surface area contributed by atoms with E-state index in [1.165, 1.54) is 0 Å². The van der Waals surface area contributed by atoms with Gasteiger partial charge in [-0.1, -0.05) is 13.3 Å². The maximum absolute atomic E-state index is 11.6. The normalized spacial score (nSPS) is 11.5. The summed E-state index contributed by atoms with van der Waals surface area (Å²) >= 11 is 0. The van der Waals surface area contributed by atoms with E-state index in [1.54, 1.807) is 0 Å². The van der Waals surface area contributed by atoms with Crippen molar-refractivity contribution < 1.29 is 27.4 Å². The maximum atomic E-state index is 11.6. The van der Waals surface area contributed by atoms with Crippen molar-refractivity contribution in [3.8, 4) is 0 Å². The van der Waals surface area contributed by atoms with Crippen LogP contribution in [0.1, 0.15) is 19.8 Å². The molecular weight excluding hydrogens is 239 g/mol. The van der Waals surface area contributed by atoms with Crippen molar-refractivity contribution in [3.63, 3.8) is 0 Å². The Morgan fingerprint density at radius 3 is 2.59 bits per heavy atom. The molecule has 7 heteroatoms. The topological polar surface area (TPSA) is 47.6 Å². The lowest BCUT2D eigenvalue weighted by Crippen LogP contribution is -2.29. The lowest BCUT2D eigenvalue weighted by atomic mass is 10.4. The van der Waals surface area contributed by atoms with Crippen LogP contribution in [0, 0.1) is 0 Å². The van der Waals surface area contributed by atoms with Crippen LogP contribution in [0.25, 0.3) is 0 Å². The Kier molecular flexibility index (Phi) is 8.79. The van der Waals surface area contributed by atoms with Gasteiger partial charge < -0.3 is 14.8 Å². The summed E-state index contributed by atoms with van der Waals surface area (Å²) in [6.07, 6.45) is -2.56. The number of esters is 1. The van der Waals surface area contributed by atoms with Gasteiger partial charge in [0, 0.05) is 6.54 Å². The SMILES string of the molecule is CCCCOC(=O)CNCCOCC(F)(F)F. The number of carbonyl (C=O) groups is 1. The van der Waals surface area contributed by atoms with E-state index in [0.717, 1.165) is 12.8 Å². The summed E-state index contributed by atoms with van der Waals surface area (Å²) in [6, 6.07) is 0. The number of ether oxygens (including phenoxy) is 2. The van der Waals surface area contributed by atoms with Gasteiger partial charge in [0.2, 0.25) is 0 Å². The molecule has 0 amide bonds. The minimum atomic E-state index is -4.31. The Balaban J connectivity index is 3.25. The first-order valence-electron chi connectivity index (χ1n) is 5.46. The molecule has 0 aliphatic carbocycles. The van der Waals surface area contributed by atoms with Crippen molar-refractivity contribution >= 4 is 5.97 Å². The molecule has 0 saturated carbocycles. The summed E-state index contributed by atoms with van der Waals surface area (Å²) in [4.78, 5) is 11.0. The smallest absolute Gasteiger partial charge is 0.411 e. The molecule has 0 fully saturated rings. The molecule has 0 heterocycles. The van der Waals surface area contributed by atoms with Gasteiger partial charge in [0.25, 0.3) is 0 Å². The van der Waals surface area contributed by atoms with Crippen molar-refractivity contribution in [1.29, 1.82) is 0 Å². The highest BCUT2D eigenvalue weighted by Gasteiger charge is 2.27. The Hall–Kier alpha value is -0.820. The zero-order valence-electron chi connectivity index (χ0n) is 9.81. The average Bonchev–Trinajstić information content (AvgIpc) is 2.22. The first-order valence-corrected chi connectivity index (χ1v) is 5.46. The summed E-state index contributed by atoms with van der Waals surface area (Å²) in [7, 11) is 0. The zero-order valence-corrected chi connectivity index (χ0v) is 9.81. The second-order valence-electron chi connectivity index (χ2n) is 3.42. The van der Waals surface area contributed by atoms with Gasteiger partial charge in [-0.15, -0.1) is 0 Å². The van der Waals surface area contributed by atoms with Crippen LogP contribution in [-0.2, 0) is 14.3 Å². The highest BCUT2D eigenvalue weighted by molar-refractivity contribution is 5.71. The number of alkyl halides is 3. The van der Waals surface area contributed by atoms with Gasteiger partial charge in [0.15, 0.2) is 0 Å². The molecule has 0 aliphatic heterocycles. The van der Waals surface area contributed by atoms with Gasteiger partial charge in [-0.3, -0.25) is 4.79 Å². The molecule has 0 aromatic heterocycles. The molecule has 0 aromatic rings. The number of unbranched alkanes of at least 4 members (excludes halogenated alkanes) is 1. The third kappa shape index (κ3) is 13.1. The van der Waals surface area contributed by atoms with Crippen molar-refractivity contribution in [2.75, 3.05) is 32.9 Å². The third-order valence-electron chi connectivity index (χ3n) is 1.72. The molecule has 0 aromatic carbocycles. The molecule has 0 aliphatic rings. The molecule has 0 spiro atoms. The molecule has 17 heavy (non-hydrogen) atoms. The fraction of sp³-hybridized carbons (Fsp3) is 0.900. The Labute approximate surface area is 98.5 Å². The van der Waals surface area contributed by atoms with Crippen molar-refractivity contribution in [3.05, 3.63) is 0 Å². The molecule has 0 rings (SSSR count). The quantitative estimate of drug-likeness (QED) is 0.502. The Bertz CT molecular complexity index is 209. The number of nitrogens with one attached hydrogen (secondary N) is 1. The van der Waals surface area contributed by atoms with Crippen LogP contribution in [0.4, 0.5) is 13.2 Å². The fourth-order valence-electron chi connectivity index (χ4n) is 0.904. The summed E-state index contributed by atoms with van der Waals surface area (Å²) in [6.45, 7) is 1.15. The van der Waals surface area contributed by atoms with Gasteiger partial charge in [-0.05, 0) is 6.42 Å². The Morgan fingerprint density at radius 2 is 2.00 bits per heavy atom. The first kappa shape index (κ1) is 16.2. The van der Waals surface area contributed by atoms with Gasteiger partial charge >= 0.3 is 12.1 Å². The van der Waals surface area contributed by atoms with Gasteiger partial charge in [-0.25, -0.2) is 0 Å². The number of halogens is 3. The fourth-order valence-corrected chi connectivity index (χ4v) is 0.904. The van der Waals surface area contributed by atoms with Crippen LogP contribution in [0.3, 0.4) is 0 Å². The lowest BCUT2D eigenvalue weighted by molar-refractivity contribution is -0.173. The van der Waals surface area contributed by atoms with Crippen LogP contribution in [0.15, 0.2) is 0 Å². The number of hydrogen-bond donors (Lipinski definition) is 1. The van der Waals surface area contributed by atoms with Crippen molar-refractivity contribution in [2.24, 2.45) is 0 Å². The minimum Gasteiger partial charge on any atom is -0.465 e. The van der Waals surface area contributed by atoms with Crippen LogP contribution >= 0.6 is 0 Å². The summed E-state index contributed by atoms with van der Waals surface area (Å²) < 4.78 is 44.1. The monoisotopic (exact) mass is 257 g/mol. The molecule has 4 nitrogen and oxygen atoms in total. The number of carbonyl (C=O) groups excluding carboxylic acids is 1. The minimum absolute atomic E-state index is 0.0148.